The van der Waals surface area contributed by atoms with Crippen molar-refractivity contribution in [3.8, 4) is 11.3 Å². The Balaban J connectivity index is 1.70. The highest BCUT2D eigenvalue weighted by molar-refractivity contribution is 7.98. The molecule has 1 aromatic carbocycles. The standard InChI is InChI=1S/C17H19N3OS/c1-20-16-12-8-4-5-9-14(12)22-10-13(16)15(19-20)17(21)18-11-6-2-3-7-11/h4-5,8-9,11H,2-3,6-7,10H2,1H3,(H,18,21). The summed E-state index contributed by atoms with van der Waals surface area (Å²) in [5.74, 6) is 0.803. The average Bonchev–Trinajstić information content (AvgIpc) is 3.15. The second-order valence-electron chi connectivity index (χ2n) is 6.04. The zero-order chi connectivity index (χ0) is 15.1. The van der Waals surface area contributed by atoms with Crippen LogP contribution in [0.4, 0.5) is 0 Å². The molecule has 1 amide bonds. The number of carbonyl (C=O) groups excluding carboxylic acids is 1. The minimum atomic E-state index is -0.0104. The molecule has 2 aliphatic rings. The Morgan fingerprint density at radius 1 is 1.32 bits per heavy atom. The Morgan fingerprint density at radius 3 is 2.91 bits per heavy atom. The summed E-state index contributed by atoms with van der Waals surface area (Å²) in [4.78, 5) is 13.9. The van der Waals surface area contributed by atoms with Crippen LogP contribution in [-0.4, -0.2) is 21.7 Å². The lowest BCUT2D eigenvalue weighted by molar-refractivity contribution is 0.0931. The second kappa shape index (κ2) is 5.47. The molecule has 114 valence electrons. The molecule has 0 unspecified atom stereocenters. The maximum Gasteiger partial charge on any atom is 0.272 e. The largest absolute Gasteiger partial charge is 0.348 e. The highest BCUT2D eigenvalue weighted by Crippen LogP contribution is 2.42. The number of amides is 1. The number of thioether (sulfide) groups is 1. The monoisotopic (exact) mass is 313 g/mol. The summed E-state index contributed by atoms with van der Waals surface area (Å²) < 4.78 is 1.86. The molecule has 1 N–H and O–H groups in total. The van der Waals surface area contributed by atoms with E-state index in [9.17, 15) is 4.79 Å². The van der Waals surface area contributed by atoms with E-state index in [-0.39, 0.29) is 5.91 Å². The van der Waals surface area contributed by atoms with Gasteiger partial charge in [0.25, 0.3) is 5.91 Å². The fraction of sp³-hybridized carbons (Fsp3) is 0.412. The van der Waals surface area contributed by atoms with Crippen LogP contribution >= 0.6 is 11.8 Å². The molecule has 1 fully saturated rings. The maximum atomic E-state index is 12.6. The molecule has 1 aliphatic carbocycles. The number of fused-ring (bicyclic) bond motifs is 3. The summed E-state index contributed by atoms with van der Waals surface area (Å²) in [6, 6.07) is 8.67. The lowest BCUT2D eigenvalue weighted by Gasteiger charge is -2.17. The summed E-state index contributed by atoms with van der Waals surface area (Å²) in [5, 5.41) is 7.68. The van der Waals surface area contributed by atoms with Gasteiger partial charge in [-0.05, 0) is 18.9 Å². The van der Waals surface area contributed by atoms with Crippen LogP contribution in [0.1, 0.15) is 41.7 Å². The SMILES string of the molecule is Cn1nc(C(=O)NC2CCCC2)c2c1-c1ccccc1SC2. The molecule has 0 saturated heterocycles. The number of rotatable bonds is 2. The molecule has 2 aromatic rings. The van der Waals surface area contributed by atoms with Gasteiger partial charge in [-0.25, -0.2) is 0 Å². The van der Waals surface area contributed by atoms with Crippen molar-refractivity contribution in [2.24, 2.45) is 7.05 Å². The van der Waals surface area contributed by atoms with Gasteiger partial charge in [0.1, 0.15) is 0 Å². The molecule has 0 bridgehead atoms. The Bertz CT molecular complexity index is 732. The third kappa shape index (κ3) is 2.24. The van der Waals surface area contributed by atoms with E-state index in [4.69, 9.17) is 0 Å². The minimum Gasteiger partial charge on any atom is -0.348 e. The van der Waals surface area contributed by atoms with E-state index in [2.05, 4.69) is 28.6 Å². The minimum absolute atomic E-state index is 0.0104. The molecule has 4 nitrogen and oxygen atoms in total. The van der Waals surface area contributed by atoms with Gasteiger partial charge in [0.2, 0.25) is 0 Å². The normalized spacial score (nSPS) is 17.1. The summed E-state index contributed by atoms with van der Waals surface area (Å²) in [6.45, 7) is 0. The van der Waals surface area contributed by atoms with Gasteiger partial charge in [-0.2, -0.15) is 5.10 Å². The van der Waals surface area contributed by atoms with Crippen molar-refractivity contribution in [2.75, 3.05) is 0 Å². The van der Waals surface area contributed by atoms with Crippen LogP contribution in [0.5, 0.6) is 0 Å². The van der Waals surface area contributed by atoms with E-state index in [0.29, 0.717) is 11.7 Å². The van der Waals surface area contributed by atoms with Gasteiger partial charge >= 0.3 is 0 Å². The number of benzene rings is 1. The summed E-state index contributed by atoms with van der Waals surface area (Å²) in [7, 11) is 1.93. The number of hydrogen-bond acceptors (Lipinski definition) is 3. The molecule has 22 heavy (non-hydrogen) atoms. The molecule has 1 saturated carbocycles. The van der Waals surface area contributed by atoms with Crippen molar-refractivity contribution in [1.29, 1.82) is 0 Å². The van der Waals surface area contributed by atoms with Gasteiger partial charge < -0.3 is 5.32 Å². The first kappa shape index (κ1) is 13.9. The molecule has 1 aromatic heterocycles. The molecule has 0 spiro atoms. The first-order chi connectivity index (χ1) is 10.7. The zero-order valence-electron chi connectivity index (χ0n) is 12.6. The van der Waals surface area contributed by atoms with Crippen LogP contribution in [0.25, 0.3) is 11.3 Å². The third-order valence-corrected chi connectivity index (χ3v) is 5.66. The van der Waals surface area contributed by atoms with Crippen LogP contribution in [0, 0.1) is 0 Å². The Labute approximate surface area is 134 Å². The number of carbonyl (C=O) groups is 1. The molecule has 0 atom stereocenters. The maximum absolute atomic E-state index is 12.6. The number of nitrogens with one attached hydrogen (secondary N) is 1. The van der Waals surface area contributed by atoms with Gasteiger partial charge in [0.15, 0.2) is 5.69 Å². The van der Waals surface area contributed by atoms with E-state index < -0.39 is 0 Å². The third-order valence-electron chi connectivity index (χ3n) is 4.56. The predicted molar refractivity (Wildman–Crippen MR) is 87.9 cm³/mol. The first-order valence-electron chi connectivity index (χ1n) is 7.83. The van der Waals surface area contributed by atoms with Crippen LogP contribution in [-0.2, 0) is 12.8 Å². The van der Waals surface area contributed by atoms with Crippen molar-refractivity contribution in [3.05, 3.63) is 35.5 Å². The first-order valence-corrected chi connectivity index (χ1v) is 8.81. The van der Waals surface area contributed by atoms with Gasteiger partial charge in [-0.15, -0.1) is 11.8 Å². The van der Waals surface area contributed by atoms with Crippen LogP contribution in [0.2, 0.25) is 0 Å². The lowest BCUT2D eigenvalue weighted by atomic mass is 10.1. The number of hydrogen-bond donors (Lipinski definition) is 1. The lowest BCUT2D eigenvalue weighted by Crippen LogP contribution is -2.33. The Hall–Kier alpha value is -1.75. The number of aryl methyl sites for hydroxylation is 1. The average molecular weight is 313 g/mol. The van der Waals surface area contributed by atoms with Gasteiger partial charge in [0.05, 0.1) is 5.69 Å². The van der Waals surface area contributed by atoms with Crippen molar-refractivity contribution < 1.29 is 4.79 Å². The molecule has 0 radical (unpaired) electrons. The van der Waals surface area contributed by atoms with E-state index >= 15 is 0 Å². The fourth-order valence-corrected chi connectivity index (χ4v) is 4.55. The topological polar surface area (TPSA) is 46.9 Å². The van der Waals surface area contributed by atoms with Crippen LogP contribution < -0.4 is 5.32 Å². The van der Waals surface area contributed by atoms with Gasteiger partial charge in [0, 0.05) is 34.9 Å². The molecular formula is C17H19N3OS. The van der Waals surface area contributed by atoms with Crippen molar-refractivity contribution >= 4 is 17.7 Å². The van der Waals surface area contributed by atoms with Crippen molar-refractivity contribution in [1.82, 2.24) is 15.1 Å². The molecular weight excluding hydrogens is 294 g/mol. The van der Waals surface area contributed by atoms with Crippen molar-refractivity contribution in [3.63, 3.8) is 0 Å². The molecule has 1 aliphatic heterocycles. The summed E-state index contributed by atoms with van der Waals surface area (Å²) >= 11 is 1.79. The van der Waals surface area contributed by atoms with Gasteiger partial charge in [-0.1, -0.05) is 31.0 Å². The Morgan fingerprint density at radius 2 is 2.09 bits per heavy atom. The quantitative estimate of drug-likeness (QED) is 0.924. The zero-order valence-corrected chi connectivity index (χ0v) is 13.4. The highest BCUT2D eigenvalue weighted by Gasteiger charge is 2.28. The van der Waals surface area contributed by atoms with E-state index in [1.54, 1.807) is 11.8 Å². The summed E-state index contributed by atoms with van der Waals surface area (Å²) in [5.41, 5.74) is 3.95. The smallest absolute Gasteiger partial charge is 0.272 e. The fourth-order valence-electron chi connectivity index (χ4n) is 3.49. The van der Waals surface area contributed by atoms with E-state index in [1.807, 2.05) is 17.8 Å². The van der Waals surface area contributed by atoms with Crippen molar-refractivity contribution in [2.45, 2.75) is 42.4 Å². The number of aromatic nitrogens is 2. The van der Waals surface area contributed by atoms with Crippen LogP contribution in [0.3, 0.4) is 0 Å². The van der Waals surface area contributed by atoms with Gasteiger partial charge in [-0.3, -0.25) is 9.48 Å². The predicted octanol–water partition coefficient (Wildman–Crippen LogP) is 3.37. The van der Waals surface area contributed by atoms with E-state index in [0.717, 1.165) is 29.9 Å². The van der Waals surface area contributed by atoms with Crippen LogP contribution in [0.15, 0.2) is 29.2 Å². The second-order valence-corrected chi connectivity index (χ2v) is 7.06. The summed E-state index contributed by atoms with van der Waals surface area (Å²) in [6.07, 6.45) is 4.62. The molecule has 5 heteroatoms. The molecule has 4 rings (SSSR count). The number of nitrogens with zero attached hydrogens (tertiary/aromatic N) is 2. The molecule has 2 heterocycles. The van der Waals surface area contributed by atoms with E-state index in [1.165, 1.54) is 23.3 Å². The highest BCUT2D eigenvalue weighted by atomic mass is 32.2. The Kier molecular flexibility index (Phi) is 3.45.